The zero-order valence-corrected chi connectivity index (χ0v) is 17.2. The van der Waals surface area contributed by atoms with Crippen LogP contribution in [0.3, 0.4) is 0 Å². The highest BCUT2D eigenvalue weighted by Gasteiger charge is 2.38. The minimum atomic E-state index is -0.145. The van der Waals surface area contributed by atoms with Crippen LogP contribution in [0.25, 0.3) is 0 Å². The Morgan fingerprint density at radius 3 is 2.41 bits per heavy atom. The molecule has 2 unspecified atom stereocenters. The van der Waals surface area contributed by atoms with E-state index in [0.29, 0.717) is 19.3 Å². The minimum Gasteiger partial charge on any atom is -0.491 e. The van der Waals surface area contributed by atoms with E-state index in [1.807, 2.05) is 63.2 Å². The molecular formula is C25H27NO3. The molecule has 1 amide bonds. The maximum atomic E-state index is 13.2. The summed E-state index contributed by atoms with van der Waals surface area (Å²) < 4.78 is 5.72. The average molecular weight is 389 g/mol. The Morgan fingerprint density at radius 1 is 0.966 bits per heavy atom. The van der Waals surface area contributed by atoms with Crippen molar-refractivity contribution in [3.05, 3.63) is 76.5 Å². The van der Waals surface area contributed by atoms with Crippen LogP contribution < -0.4 is 10.1 Å². The molecule has 2 aliphatic rings. The molecule has 0 radical (unpaired) electrons. The van der Waals surface area contributed by atoms with Crippen molar-refractivity contribution in [1.29, 1.82) is 0 Å². The van der Waals surface area contributed by atoms with Crippen molar-refractivity contribution in [1.82, 2.24) is 5.32 Å². The van der Waals surface area contributed by atoms with Crippen molar-refractivity contribution in [2.45, 2.75) is 58.0 Å². The van der Waals surface area contributed by atoms with Gasteiger partial charge >= 0.3 is 0 Å². The lowest BCUT2D eigenvalue weighted by molar-refractivity contribution is -0.122. The van der Waals surface area contributed by atoms with Crippen LogP contribution in [0, 0.1) is 6.92 Å². The summed E-state index contributed by atoms with van der Waals surface area (Å²) in [7, 11) is 0. The molecule has 2 aromatic carbocycles. The highest BCUT2D eigenvalue weighted by Crippen LogP contribution is 2.42. The SMILES string of the molecule is Cc1cccc(C2CC(=O)NC3=C2C(=O)CC(c2ccc(OC(C)C)cc2)C3)c1. The lowest BCUT2D eigenvalue weighted by Crippen LogP contribution is -2.38. The molecule has 1 aliphatic heterocycles. The Kier molecular flexibility index (Phi) is 5.27. The number of ether oxygens (including phenoxy) is 1. The zero-order valence-electron chi connectivity index (χ0n) is 17.2. The molecule has 4 rings (SSSR count). The fourth-order valence-corrected chi connectivity index (χ4v) is 4.46. The van der Waals surface area contributed by atoms with Crippen molar-refractivity contribution in [2.24, 2.45) is 0 Å². The third-order valence-corrected chi connectivity index (χ3v) is 5.70. The molecule has 1 aliphatic carbocycles. The number of Topliss-reactive ketones (excluding diaryl/α,β-unsaturated/α-hetero) is 1. The molecular weight excluding hydrogens is 362 g/mol. The molecule has 2 aromatic rings. The summed E-state index contributed by atoms with van der Waals surface area (Å²) in [5, 5.41) is 3.00. The van der Waals surface area contributed by atoms with E-state index in [9.17, 15) is 9.59 Å². The first-order valence-corrected chi connectivity index (χ1v) is 10.3. The van der Waals surface area contributed by atoms with E-state index in [2.05, 4.69) is 11.4 Å². The molecule has 150 valence electrons. The van der Waals surface area contributed by atoms with Crippen LogP contribution >= 0.6 is 0 Å². The van der Waals surface area contributed by atoms with Gasteiger partial charge in [0.05, 0.1) is 6.10 Å². The van der Waals surface area contributed by atoms with Gasteiger partial charge in [0.2, 0.25) is 5.91 Å². The van der Waals surface area contributed by atoms with Crippen molar-refractivity contribution in [3.63, 3.8) is 0 Å². The van der Waals surface area contributed by atoms with E-state index < -0.39 is 0 Å². The molecule has 0 fully saturated rings. The van der Waals surface area contributed by atoms with Crippen LogP contribution in [0.15, 0.2) is 59.8 Å². The van der Waals surface area contributed by atoms with E-state index in [1.54, 1.807) is 0 Å². The van der Waals surface area contributed by atoms with Crippen LogP contribution in [-0.4, -0.2) is 17.8 Å². The Hall–Kier alpha value is -2.88. The fourth-order valence-electron chi connectivity index (χ4n) is 4.46. The molecule has 1 heterocycles. The number of allylic oxidation sites excluding steroid dienone is 2. The predicted octanol–water partition coefficient (Wildman–Crippen LogP) is 4.79. The maximum absolute atomic E-state index is 13.2. The predicted molar refractivity (Wildman–Crippen MR) is 113 cm³/mol. The van der Waals surface area contributed by atoms with Gasteiger partial charge in [-0.25, -0.2) is 0 Å². The van der Waals surface area contributed by atoms with E-state index in [-0.39, 0.29) is 29.6 Å². The lowest BCUT2D eigenvalue weighted by Gasteiger charge is -2.34. The van der Waals surface area contributed by atoms with Crippen LogP contribution in [0.1, 0.15) is 61.6 Å². The van der Waals surface area contributed by atoms with Crippen LogP contribution in [0.5, 0.6) is 5.75 Å². The Morgan fingerprint density at radius 2 is 1.72 bits per heavy atom. The van der Waals surface area contributed by atoms with E-state index in [1.165, 1.54) is 0 Å². The number of rotatable bonds is 4. The number of amides is 1. The second kappa shape index (κ2) is 7.86. The van der Waals surface area contributed by atoms with Gasteiger partial charge in [-0.1, -0.05) is 42.0 Å². The van der Waals surface area contributed by atoms with E-state index >= 15 is 0 Å². The highest BCUT2D eigenvalue weighted by molar-refractivity contribution is 6.02. The summed E-state index contributed by atoms with van der Waals surface area (Å²) in [4.78, 5) is 25.6. The summed E-state index contributed by atoms with van der Waals surface area (Å²) in [6.07, 6.45) is 1.61. The van der Waals surface area contributed by atoms with Gasteiger partial charge in [-0.15, -0.1) is 0 Å². The Bertz CT molecular complexity index is 972. The van der Waals surface area contributed by atoms with Gasteiger partial charge in [0.15, 0.2) is 5.78 Å². The zero-order chi connectivity index (χ0) is 20.5. The standard InChI is InChI=1S/C25H27NO3/c1-15(2)29-20-9-7-17(8-10-20)19-12-22-25(23(27)13-19)21(14-24(28)26-22)18-6-4-5-16(3)11-18/h4-11,15,19,21H,12-14H2,1-3H3,(H,26,28). The molecule has 2 atom stereocenters. The first-order valence-electron chi connectivity index (χ1n) is 10.3. The maximum Gasteiger partial charge on any atom is 0.225 e. The number of carbonyl (C=O) groups excluding carboxylic acids is 2. The molecule has 4 nitrogen and oxygen atoms in total. The minimum absolute atomic E-state index is 0.00983. The summed E-state index contributed by atoms with van der Waals surface area (Å²) in [5.41, 5.74) is 4.89. The first kappa shape index (κ1) is 19.4. The monoisotopic (exact) mass is 389 g/mol. The van der Waals surface area contributed by atoms with Gasteiger partial charge < -0.3 is 10.1 Å². The molecule has 0 aromatic heterocycles. The topological polar surface area (TPSA) is 55.4 Å². The molecule has 29 heavy (non-hydrogen) atoms. The smallest absolute Gasteiger partial charge is 0.225 e. The van der Waals surface area contributed by atoms with Gasteiger partial charge in [0.1, 0.15) is 5.75 Å². The summed E-state index contributed by atoms with van der Waals surface area (Å²) in [5.74, 6) is 0.894. The molecule has 0 spiro atoms. The normalized spacial score (nSPS) is 21.8. The van der Waals surface area contributed by atoms with Crippen LogP contribution in [-0.2, 0) is 9.59 Å². The fraction of sp³-hybridized carbons (Fsp3) is 0.360. The van der Waals surface area contributed by atoms with Crippen molar-refractivity contribution in [2.75, 3.05) is 0 Å². The van der Waals surface area contributed by atoms with Gasteiger partial charge in [-0.05, 0) is 56.4 Å². The van der Waals surface area contributed by atoms with Crippen LogP contribution in [0.4, 0.5) is 0 Å². The van der Waals surface area contributed by atoms with Crippen molar-refractivity contribution < 1.29 is 14.3 Å². The molecule has 0 saturated heterocycles. The number of carbonyl (C=O) groups is 2. The number of aryl methyl sites for hydroxylation is 1. The highest BCUT2D eigenvalue weighted by atomic mass is 16.5. The average Bonchev–Trinajstić information content (AvgIpc) is 2.67. The Labute approximate surface area is 172 Å². The quantitative estimate of drug-likeness (QED) is 0.818. The first-order chi connectivity index (χ1) is 13.9. The molecule has 4 heteroatoms. The lowest BCUT2D eigenvalue weighted by atomic mass is 9.73. The second-order valence-electron chi connectivity index (χ2n) is 8.38. The van der Waals surface area contributed by atoms with E-state index in [0.717, 1.165) is 33.7 Å². The molecule has 0 bridgehead atoms. The number of nitrogens with one attached hydrogen (secondary N) is 1. The number of ketones is 1. The van der Waals surface area contributed by atoms with Crippen molar-refractivity contribution in [3.8, 4) is 5.75 Å². The number of hydrogen-bond acceptors (Lipinski definition) is 3. The summed E-state index contributed by atoms with van der Waals surface area (Å²) in [6.45, 7) is 6.03. The summed E-state index contributed by atoms with van der Waals surface area (Å²) in [6, 6.07) is 16.1. The third-order valence-electron chi connectivity index (χ3n) is 5.70. The molecule has 0 saturated carbocycles. The largest absolute Gasteiger partial charge is 0.491 e. The van der Waals surface area contributed by atoms with Crippen LogP contribution in [0.2, 0.25) is 0 Å². The van der Waals surface area contributed by atoms with Gasteiger partial charge in [0, 0.05) is 30.0 Å². The third kappa shape index (κ3) is 4.12. The molecule has 1 N–H and O–H groups in total. The van der Waals surface area contributed by atoms with Gasteiger partial charge in [-0.2, -0.15) is 0 Å². The number of benzene rings is 2. The van der Waals surface area contributed by atoms with E-state index in [4.69, 9.17) is 4.74 Å². The second-order valence-corrected chi connectivity index (χ2v) is 8.38. The summed E-state index contributed by atoms with van der Waals surface area (Å²) >= 11 is 0. The Balaban J connectivity index is 1.62. The van der Waals surface area contributed by atoms with Crippen molar-refractivity contribution >= 4 is 11.7 Å². The number of hydrogen-bond donors (Lipinski definition) is 1. The van der Waals surface area contributed by atoms with Gasteiger partial charge in [0.25, 0.3) is 0 Å². The van der Waals surface area contributed by atoms with Gasteiger partial charge in [-0.3, -0.25) is 9.59 Å².